The number of nitrogens with zero attached hydrogens (tertiary/aromatic N) is 1. The first-order chi connectivity index (χ1) is 10.6. The summed E-state index contributed by atoms with van der Waals surface area (Å²) in [5, 5.41) is 10.8. The third-order valence-corrected chi connectivity index (χ3v) is 6.14. The van der Waals surface area contributed by atoms with Crippen molar-refractivity contribution in [2.45, 2.75) is 76.4 Å². The number of hydrogen-bond donors (Lipinski definition) is 1. The number of ether oxygens (including phenoxy) is 1. The molecule has 3 atom stereocenters. The third-order valence-electron chi connectivity index (χ3n) is 6.14. The average Bonchev–Trinajstić information content (AvgIpc) is 2.97. The second-order valence-electron chi connectivity index (χ2n) is 7.77. The van der Waals surface area contributed by atoms with Gasteiger partial charge in [-0.05, 0) is 51.4 Å². The van der Waals surface area contributed by atoms with Gasteiger partial charge < -0.3 is 14.7 Å². The Morgan fingerprint density at radius 3 is 2.68 bits per heavy atom. The van der Waals surface area contributed by atoms with Crippen molar-refractivity contribution < 1.29 is 14.6 Å². The molecule has 22 heavy (non-hydrogen) atoms. The summed E-state index contributed by atoms with van der Waals surface area (Å²) in [5.41, 5.74) is -0.593. The molecule has 3 fully saturated rings. The fourth-order valence-electron chi connectivity index (χ4n) is 4.79. The van der Waals surface area contributed by atoms with Crippen LogP contribution in [0.15, 0.2) is 0 Å². The third kappa shape index (κ3) is 3.48. The molecule has 0 bridgehead atoms. The molecule has 1 aliphatic carbocycles. The van der Waals surface area contributed by atoms with Crippen LogP contribution in [0.1, 0.15) is 64.7 Å². The number of amides is 1. The summed E-state index contributed by atoms with van der Waals surface area (Å²) in [6, 6.07) is 0.266. The van der Waals surface area contributed by atoms with Gasteiger partial charge in [0.15, 0.2) is 0 Å². The molecular formula is C18H31NO3. The molecule has 1 amide bonds. The summed E-state index contributed by atoms with van der Waals surface area (Å²) >= 11 is 0. The molecule has 2 heterocycles. The lowest BCUT2D eigenvalue weighted by atomic mass is 9.72. The monoisotopic (exact) mass is 309 g/mol. The Morgan fingerprint density at radius 2 is 1.95 bits per heavy atom. The van der Waals surface area contributed by atoms with Gasteiger partial charge in [0.1, 0.15) is 0 Å². The molecular weight excluding hydrogens is 278 g/mol. The van der Waals surface area contributed by atoms with Crippen molar-refractivity contribution in [3.8, 4) is 0 Å². The van der Waals surface area contributed by atoms with Crippen molar-refractivity contribution in [2.24, 2.45) is 11.8 Å². The van der Waals surface area contributed by atoms with Gasteiger partial charge in [-0.15, -0.1) is 0 Å². The first kappa shape index (κ1) is 16.3. The normalized spacial score (nSPS) is 37.5. The molecule has 0 aromatic rings. The topological polar surface area (TPSA) is 49.8 Å². The van der Waals surface area contributed by atoms with Crippen molar-refractivity contribution >= 4 is 5.91 Å². The van der Waals surface area contributed by atoms with Gasteiger partial charge in [0.25, 0.3) is 0 Å². The highest BCUT2D eigenvalue weighted by Crippen LogP contribution is 2.41. The zero-order chi connectivity index (χ0) is 15.6. The van der Waals surface area contributed by atoms with Crippen LogP contribution in [0, 0.1) is 11.8 Å². The largest absolute Gasteiger partial charge is 0.390 e. The highest BCUT2D eigenvalue weighted by molar-refractivity contribution is 5.77. The zero-order valence-corrected chi connectivity index (χ0v) is 13.9. The minimum Gasteiger partial charge on any atom is -0.390 e. The van der Waals surface area contributed by atoms with Crippen LogP contribution in [0.5, 0.6) is 0 Å². The van der Waals surface area contributed by atoms with Gasteiger partial charge in [0.05, 0.1) is 5.60 Å². The minimum absolute atomic E-state index is 0.266. The van der Waals surface area contributed by atoms with Crippen molar-refractivity contribution in [2.75, 3.05) is 19.8 Å². The fraction of sp³-hybridized carbons (Fsp3) is 0.944. The summed E-state index contributed by atoms with van der Waals surface area (Å²) in [5.74, 6) is 1.08. The van der Waals surface area contributed by atoms with Gasteiger partial charge in [-0.2, -0.15) is 0 Å². The van der Waals surface area contributed by atoms with Crippen LogP contribution in [0.4, 0.5) is 0 Å². The van der Waals surface area contributed by atoms with Crippen molar-refractivity contribution in [3.63, 3.8) is 0 Å². The smallest absolute Gasteiger partial charge is 0.223 e. The summed E-state index contributed by atoms with van der Waals surface area (Å²) in [7, 11) is 0. The second kappa shape index (κ2) is 6.88. The van der Waals surface area contributed by atoms with E-state index in [1.54, 1.807) is 0 Å². The van der Waals surface area contributed by atoms with Crippen LogP contribution < -0.4 is 0 Å². The fourth-order valence-corrected chi connectivity index (χ4v) is 4.79. The maximum atomic E-state index is 12.8. The summed E-state index contributed by atoms with van der Waals surface area (Å²) in [4.78, 5) is 14.9. The Balaban J connectivity index is 1.63. The van der Waals surface area contributed by atoms with Crippen LogP contribution in [0.25, 0.3) is 0 Å². The van der Waals surface area contributed by atoms with Crippen LogP contribution in [0.3, 0.4) is 0 Å². The molecule has 4 heteroatoms. The van der Waals surface area contributed by atoms with E-state index in [-0.39, 0.29) is 12.0 Å². The standard InChI is InChI=1S/C18H31NO3/c1-18(21)9-3-2-5-15(18)16-6-4-10-19(16)17(20)13-14-7-11-22-12-8-14/h14-16,21H,2-13H2,1H3/t15-,16+,18+/m1/s1. The predicted octanol–water partition coefficient (Wildman–Crippen LogP) is 2.74. The van der Waals surface area contributed by atoms with E-state index in [4.69, 9.17) is 4.74 Å². The van der Waals surface area contributed by atoms with Crippen molar-refractivity contribution in [1.82, 2.24) is 4.90 Å². The highest BCUT2D eigenvalue weighted by Gasteiger charge is 2.44. The minimum atomic E-state index is -0.593. The van der Waals surface area contributed by atoms with Gasteiger partial charge in [-0.25, -0.2) is 0 Å². The van der Waals surface area contributed by atoms with Crippen LogP contribution in [-0.2, 0) is 9.53 Å². The molecule has 3 rings (SSSR count). The summed E-state index contributed by atoms with van der Waals surface area (Å²) in [6.07, 6.45) is 9.14. The van der Waals surface area contributed by atoms with Gasteiger partial charge >= 0.3 is 0 Å². The molecule has 126 valence electrons. The van der Waals surface area contributed by atoms with Crippen LogP contribution in [-0.4, -0.2) is 47.3 Å². The van der Waals surface area contributed by atoms with Gasteiger partial charge in [0.2, 0.25) is 5.91 Å². The predicted molar refractivity (Wildman–Crippen MR) is 85.5 cm³/mol. The molecule has 0 spiro atoms. The molecule has 3 aliphatic rings. The molecule has 2 aliphatic heterocycles. The van der Waals surface area contributed by atoms with E-state index in [0.717, 1.165) is 64.7 Å². The summed E-state index contributed by atoms with van der Waals surface area (Å²) < 4.78 is 5.39. The number of aliphatic hydroxyl groups is 1. The zero-order valence-electron chi connectivity index (χ0n) is 13.9. The Labute approximate surface area is 134 Å². The number of rotatable bonds is 3. The molecule has 1 saturated carbocycles. The maximum absolute atomic E-state index is 12.8. The molecule has 4 nitrogen and oxygen atoms in total. The Hall–Kier alpha value is -0.610. The van der Waals surface area contributed by atoms with E-state index < -0.39 is 5.60 Å². The molecule has 0 aromatic heterocycles. The van der Waals surface area contributed by atoms with Crippen LogP contribution in [0.2, 0.25) is 0 Å². The van der Waals surface area contributed by atoms with Gasteiger partial charge in [-0.1, -0.05) is 12.8 Å². The molecule has 0 aromatic carbocycles. The Morgan fingerprint density at radius 1 is 1.18 bits per heavy atom. The summed E-state index contributed by atoms with van der Waals surface area (Å²) in [6.45, 7) is 4.48. The highest BCUT2D eigenvalue weighted by atomic mass is 16.5. The quantitative estimate of drug-likeness (QED) is 0.872. The number of carbonyl (C=O) groups excluding carboxylic acids is 1. The lowest BCUT2D eigenvalue weighted by Gasteiger charge is -2.43. The Bertz CT molecular complexity index is 390. The maximum Gasteiger partial charge on any atom is 0.223 e. The number of hydrogen-bond acceptors (Lipinski definition) is 3. The van der Waals surface area contributed by atoms with Gasteiger partial charge in [0, 0.05) is 38.1 Å². The average molecular weight is 309 g/mol. The lowest BCUT2D eigenvalue weighted by molar-refractivity contribution is -0.138. The van der Waals surface area contributed by atoms with E-state index in [1.807, 2.05) is 6.92 Å². The molecule has 0 unspecified atom stereocenters. The van der Waals surface area contributed by atoms with Crippen LogP contribution >= 0.6 is 0 Å². The van der Waals surface area contributed by atoms with E-state index in [9.17, 15) is 9.90 Å². The SMILES string of the molecule is C[C@]1(O)CCCC[C@@H]1[C@@H]1CCCN1C(=O)CC1CCOCC1. The van der Waals surface area contributed by atoms with E-state index in [2.05, 4.69) is 4.90 Å². The lowest BCUT2D eigenvalue weighted by Crippen LogP contribution is -2.50. The molecule has 1 N–H and O–H groups in total. The van der Waals surface area contributed by atoms with Crippen molar-refractivity contribution in [3.05, 3.63) is 0 Å². The first-order valence-electron chi connectivity index (χ1n) is 9.17. The Kier molecular flexibility index (Phi) is 5.08. The van der Waals surface area contributed by atoms with Crippen molar-refractivity contribution in [1.29, 1.82) is 0 Å². The number of likely N-dealkylation sites (tertiary alicyclic amines) is 1. The first-order valence-corrected chi connectivity index (χ1v) is 9.17. The molecule has 0 radical (unpaired) electrons. The molecule has 2 saturated heterocycles. The van der Waals surface area contributed by atoms with E-state index in [1.165, 1.54) is 6.42 Å². The van der Waals surface area contributed by atoms with E-state index >= 15 is 0 Å². The second-order valence-corrected chi connectivity index (χ2v) is 7.77. The van der Waals surface area contributed by atoms with Gasteiger partial charge in [-0.3, -0.25) is 4.79 Å². The number of carbonyl (C=O) groups is 1. The van der Waals surface area contributed by atoms with E-state index in [0.29, 0.717) is 18.2 Å².